The van der Waals surface area contributed by atoms with Crippen LogP contribution < -0.4 is 0 Å². The van der Waals surface area contributed by atoms with Gasteiger partial charge in [0.1, 0.15) is 18.3 Å². The van der Waals surface area contributed by atoms with Gasteiger partial charge in [-0.25, -0.2) is 0 Å². The van der Waals surface area contributed by atoms with E-state index in [1.807, 2.05) is 13.8 Å². The molecule has 0 heterocycles. The first-order valence-corrected chi connectivity index (χ1v) is 7.10. The van der Waals surface area contributed by atoms with Crippen molar-refractivity contribution in [2.45, 2.75) is 71.2 Å². The molecule has 0 aliphatic rings. The maximum Gasteiger partial charge on any atom is 0.111 e. The Morgan fingerprint density at radius 1 is 0.455 bits per heavy atom. The van der Waals surface area contributed by atoms with Crippen LogP contribution >= 0.6 is 0 Å². The van der Waals surface area contributed by atoms with Crippen LogP contribution in [0.15, 0.2) is 0 Å². The molecule has 2 radical (unpaired) electrons. The van der Waals surface area contributed by atoms with Crippen molar-refractivity contribution in [1.82, 2.24) is 0 Å². The fraction of sp³-hybridized carbons (Fsp3) is 1.00. The average Bonchev–Trinajstić information content (AvgIpc) is 2.40. The van der Waals surface area contributed by atoms with Gasteiger partial charge in [0.25, 0.3) is 0 Å². The summed E-state index contributed by atoms with van der Waals surface area (Å²) in [6.45, 7) is 8.39. The second-order valence-electron chi connectivity index (χ2n) is 6.16. The molecule has 0 aromatic heterocycles. The zero-order valence-electron chi connectivity index (χ0n) is 14.0. The van der Waals surface area contributed by atoms with E-state index in [0.29, 0.717) is 0 Å². The first-order chi connectivity index (χ1) is 9.02. The van der Waals surface area contributed by atoms with Gasteiger partial charge in [-0.1, -0.05) is 27.7 Å². The number of hydrogen-bond donors (Lipinski definition) is 6. The Labute approximate surface area is 204 Å². The Morgan fingerprint density at radius 3 is 1.09 bits per heavy atom. The van der Waals surface area contributed by atoms with Crippen LogP contribution in [0.5, 0.6) is 0 Å². The van der Waals surface area contributed by atoms with Crippen molar-refractivity contribution in [3.05, 3.63) is 0 Å². The van der Waals surface area contributed by atoms with Gasteiger partial charge in [0.15, 0.2) is 0 Å². The molecule has 128 valence electrons. The second-order valence-corrected chi connectivity index (χ2v) is 6.16. The minimum absolute atomic E-state index is 0. The molecule has 0 fully saturated rings. The molecule has 8 atom stereocenters. The van der Waals surface area contributed by atoms with Gasteiger partial charge in [-0.15, -0.1) is 0 Å². The van der Waals surface area contributed by atoms with Crippen molar-refractivity contribution in [1.29, 1.82) is 0 Å². The predicted octanol–water partition coefficient (Wildman–Crippen LogP) is -0.900. The van der Waals surface area contributed by atoms with Gasteiger partial charge >= 0.3 is 0 Å². The van der Waals surface area contributed by atoms with E-state index in [9.17, 15) is 30.6 Å². The molecule has 0 aromatic carbocycles. The van der Waals surface area contributed by atoms with E-state index >= 15 is 0 Å². The third-order valence-corrected chi connectivity index (χ3v) is 4.13. The maximum absolute atomic E-state index is 10.1. The first kappa shape index (κ1) is 29.4. The van der Waals surface area contributed by atoms with Gasteiger partial charge in [-0.2, -0.15) is 0 Å². The summed E-state index contributed by atoms with van der Waals surface area (Å²) in [5.74, 6) is -0.779. The van der Waals surface area contributed by atoms with Crippen LogP contribution in [-0.4, -0.2) is 67.3 Å². The Kier molecular flexibility index (Phi) is 18.4. The van der Waals surface area contributed by atoms with Gasteiger partial charge in [0.2, 0.25) is 0 Å². The molecular weight excluding hydrogens is 718 g/mol. The summed E-state index contributed by atoms with van der Waals surface area (Å²) in [5, 5.41) is 58.4. The van der Waals surface area contributed by atoms with Gasteiger partial charge in [0.05, 0.1) is 18.3 Å². The molecule has 8 unspecified atom stereocenters. The van der Waals surface area contributed by atoms with Gasteiger partial charge in [-0.3, -0.25) is 0 Å². The quantitative estimate of drug-likeness (QED) is 0.192. The molecule has 6 nitrogen and oxygen atoms in total. The number of aliphatic hydroxyl groups is 6. The van der Waals surface area contributed by atoms with Crippen LogP contribution in [0.1, 0.15) is 34.6 Å². The number of rotatable bonds is 8. The largest absolute Gasteiger partial charge is 0.393 e. The molecule has 6 N–H and O–H groups in total. The van der Waals surface area contributed by atoms with Crippen molar-refractivity contribution in [2.75, 3.05) is 0 Å². The van der Waals surface area contributed by atoms with E-state index in [0.717, 1.165) is 0 Å². The van der Waals surface area contributed by atoms with E-state index in [-0.39, 0.29) is 100.0 Å². The SMILES string of the molecule is CC(C)C(O)C(C)C(C)C(O)C(O)C(O)C(O)C(C)O.[Ac].[Ac]. The smallest absolute Gasteiger partial charge is 0.111 e. The Bertz CT molecular complexity index is 254. The molecule has 0 rings (SSSR count). The third-order valence-electron chi connectivity index (χ3n) is 4.13. The van der Waals surface area contributed by atoms with Crippen LogP contribution in [0.25, 0.3) is 0 Å². The molecule has 0 saturated heterocycles. The number of hydrogen-bond acceptors (Lipinski definition) is 6. The molecule has 8 heteroatoms. The van der Waals surface area contributed by atoms with E-state index in [2.05, 4.69) is 0 Å². The summed E-state index contributed by atoms with van der Waals surface area (Å²) in [4.78, 5) is 0. The Hall–Kier alpha value is 2.64. The molecule has 0 saturated carbocycles. The molecule has 0 bridgehead atoms. The summed E-state index contributed by atoms with van der Waals surface area (Å²) in [7, 11) is 0. The monoisotopic (exact) mass is 748 g/mol. The Morgan fingerprint density at radius 2 is 0.773 bits per heavy atom. The zero-order valence-corrected chi connectivity index (χ0v) is 23.5. The third kappa shape index (κ3) is 8.84. The summed E-state index contributed by atoms with van der Waals surface area (Å²) >= 11 is 0. The predicted molar refractivity (Wildman–Crippen MR) is 74.9 cm³/mol. The average molecular weight is 748 g/mol. The van der Waals surface area contributed by atoms with Crippen molar-refractivity contribution < 1.29 is 119 Å². The second kappa shape index (κ2) is 13.8. The number of aliphatic hydroxyl groups excluding tert-OH is 6. The fourth-order valence-electron chi connectivity index (χ4n) is 2.23. The molecule has 22 heavy (non-hydrogen) atoms. The molecule has 0 aromatic rings. The van der Waals surface area contributed by atoms with Gasteiger partial charge in [0, 0.05) is 88.1 Å². The van der Waals surface area contributed by atoms with E-state index in [1.54, 1.807) is 13.8 Å². The summed E-state index contributed by atoms with van der Waals surface area (Å²) in [6.07, 6.45) is -7.99. The molecule has 0 aliphatic heterocycles. The first-order valence-electron chi connectivity index (χ1n) is 7.10. The molecule has 0 amide bonds. The van der Waals surface area contributed by atoms with Crippen molar-refractivity contribution >= 4 is 0 Å². The summed E-state index contributed by atoms with van der Waals surface area (Å²) in [6, 6.07) is 0. The van der Waals surface area contributed by atoms with Crippen LogP contribution in [0, 0.1) is 106 Å². The fourth-order valence-corrected chi connectivity index (χ4v) is 2.23. The van der Waals surface area contributed by atoms with E-state index < -0.39 is 42.5 Å². The van der Waals surface area contributed by atoms with Crippen molar-refractivity contribution in [3.8, 4) is 0 Å². The minimum Gasteiger partial charge on any atom is -0.393 e. The van der Waals surface area contributed by atoms with Crippen molar-refractivity contribution in [3.63, 3.8) is 0 Å². The van der Waals surface area contributed by atoms with Crippen LogP contribution in [0.3, 0.4) is 0 Å². The van der Waals surface area contributed by atoms with Gasteiger partial charge in [-0.05, 0) is 24.7 Å². The topological polar surface area (TPSA) is 121 Å². The zero-order chi connectivity index (χ0) is 16.2. The maximum atomic E-state index is 10.1. The summed E-state index contributed by atoms with van der Waals surface area (Å²) < 4.78 is 0. The molecule has 0 spiro atoms. The van der Waals surface area contributed by atoms with Crippen LogP contribution in [-0.2, 0) is 0 Å². The minimum atomic E-state index is -1.66. The Balaban J connectivity index is -0.00000180. The standard InChI is InChI=1S/C14H30O6.2Ac/c1-6(2)10(16)7(3)8(4)11(17)13(19)14(20)12(18)9(5)15;;/h6-20H,1-5H3;;. The van der Waals surface area contributed by atoms with Crippen LogP contribution in [0.4, 0.5) is 0 Å². The van der Waals surface area contributed by atoms with Crippen molar-refractivity contribution in [2.24, 2.45) is 17.8 Å². The van der Waals surface area contributed by atoms with E-state index in [4.69, 9.17) is 0 Å². The van der Waals surface area contributed by atoms with Gasteiger partial charge < -0.3 is 30.6 Å². The molecular formula is C14H30Ac2O6. The normalized spacial score (nSPS) is 22.4. The van der Waals surface area contributed by atoms with E-state index in [1.165, 1.54) is 6.92 Å². The molecule has 0 aliphatic carbocycles. The summed E-state index contributed by atoms with van der Waals surface area (Å²) in [5.41, 5.74) is 0. The van der Waals surface area contributed by atoms with Crippen LogP contribution in [0.2, 0.25) is 0 Å².